The van der Waals surface area contributed by atoms with Crippen molar-refractivity contribution in [3.05, 3.63) is 24.3 Å². The molecule has 3 nitrogen and oxygen atoms in total. The Labute approximate surface area is 111 Å². The molecule has 3 heteroatoms. The number of anilines is 1. The molecule has 0 amide bonds. The van der Waals surface area contributed by atoms with Gasteiger partial charge in [-0.05, 0) is 43.5 Å². The lowest BCUT2D eigenvalue weighted by Gasteiger charge is -2.30. The number of nitrogens with zero attached hydrogens (tertiary/aromatic N) is 1. The molecule has 1 unspecified atom stereocenters. The van der Waals surface area contributed by atoms with Crippen molar-refractivity contribution in [1.82, 2.24) is 4.90 Å². The first-order chi connectivity index (χ1) is 8.71. The molecule has 0 saturated heterocycles. The van der Waals surface area contributed by atoms with Gasteiger partial charge in [-0.25, -0.2) is 0 Å². The predicted octanol–water partition coefficient (Wildman–Crippen LogP) is 3.51. The van der Waals surface area contributed by atoms with Crippen molar-refractivity contribution in [3.63, 3.8) is 0 Å². The Balaban J connectivity index is 2.66. The van der Waals surface area contributed by atoms with Crippen LogP contribution >= 0.6 is 0 Å². The molecule has 0 aliphatic carbocycles. The lowest BCUT2D eigenvalue weighted by Crippen LogP contribution is -2.40. The Morgan fingerprint density at radius 3 is 2.06 bits per heavy atom. The molecule has 0 heterocycles. The first-order valence-electron chi connectivity index (χ1n) is 6.97. The van der Waals surface area contributed by atoms with E-state index in [0.717, 1.165) is 43.8 Å². The largest absolute Gasteiger partial charge is 0.475 e. The zero-order valence-corrected chi connectivity index (χ0v) is 11.9. The molecule has 0 saturated carbocycles. The van der Waals surface area contributed by atoms with Crippen LogP contribution in [0.15, 0.2) is 24.3 Å². The molecule has 0 aliphatic heterocycles. The van der Waals surface area contributed by atoms with Crippen LogP contribution in [0.2, 0.25) is 0 Å². The summed E-state index contributed by atoms with van der Waals surface area (Å²) in [6.45, 7) is 8.75. The molecule has 0 aliphatic rings. The molecule has 1 atom stereocenters. The van der Waals surface area contributed by atoms with E-state index in [1.54, 1.807) is 0 Å². The average molecular weight is 250 g/mol. The van der Waals surface area contributed by atoms with E-state index in [0.29, 0.717) is 0 Å². The summed E-state index contributed by atoms with van der Waals surface area (Å²) >= 11 is 0. The highest BCUT2D eigenvalue weighted by atomic mass is 16.5. The maximum atomic E-state index is 6.06. The van der Waals surface area contributed by atoms with Crippen LogP contribution < -0.4 is 10.5 Å². The molecule has 1 aromatic rings. The first-order valence-corrected chi connectivity index (χ1v) is 6.97. The topological polar surface area (TPSA) is 38.5 Å². The van der Waals surface area contributed by atoms with Crippen LogP contribution in [0.25, 0.3) is 0 Å². The zero-order chi connectivity index (χ0) is 13.4. The van der Waals surface area contributed by atoms with E-state index in [1.807, 2.05) is 24.3 Å². The van der Waals surface area contributed by atoms with Gasteiger partial charge in [0.1, 0.15) is 5.75 Å². The second-order valence-electron chi connectivity index (χ2n) is 4.59. The Kier molecular flexibility index (Phi) is 6.58. The van der Waals surface area contributed by atoms with Crippen LogP contribution in [0.5, 0.6) is 5.75 Å². The minimum absolute atomic E-state index is 0.161. The highest BCUT2D eigenvalue weighted by Crippen LogP contribution is 2.18. The summed E-state index contributed by atoms with van der Waals surface area (Å²) in [4.78, 5) is 2.41. The lowest BCUT2D eigenvalue weighted by atomic mass is 10.3. The van der Waals surface area contributed by atoms with E-state index < -0.39 is 0 Å². The fourth-order valence-corrected chi connectivity index (χ4v) is 2.09. The number of nitrogens with two attached hydrogens (primary N) is 1. The predicted molar refractivity (Wildman–Crippen MR) is 77.7 cm³/mol. The summed E-state index contributed by atoms with van der Waals surface area (Å²) in [5, 5.41) is 0. The number of nitrogen functional groups attached to an aromatic ring is 1. The molecule has 2 N–H and O–H groups in total. The summed E-state index contributed by atoms with van der Waals surface area (Å²) in [7, 11) is 0. The molecule has 0 aromatic heterocycles. The van der Waals surface area contributed by atoms with E-state index >= 15 is 0 Å². The van der Waals surface area contributed by atoms with E-state index in [-0.39, 0.29) is 6.23 Å². The lowest BCUT2D eigenvalue weighted by molar-refractivity contribution is 0.0221. The molecule has 102 valence electrons. The van der Waals surface area contributed by atoms with Gasteiger partial charge in [-0.15, -0.1) is 0 Å². The van der Waals surface area contributed by atoms with Crippen LogP contribution in [-0.4, -0.2) is 24.2 Å². The van der Waals surface area contributed by atoms with Crippen molar-refractivity contribution in [2.24, 2.45) is 0 Å². The minimum atomic E-state index is 0.161. The van der Waals surface area contributed by atoms with Gasteiger partial charge < -0.3 is 10.5 Å². The smallest absolute Gasteiger partial charge is 0.152 e. The van der Waals surface area contributed by atoms with Gasteiger partial charge in [-0.2, -0.15) is 0 Å². The third kappa shape index (κ3) is 4.57. The van der Waals surface area contributed by atoms with Crippen molar-refractivity contribution in [3.8, 4) is 5.75 Å². The van der Waals surface area contributed by atoms with Crippen molar-refractivity contribution in [1.29, 1.82) is 0 Å². The monoisotopic (exact) mass is 250 g/mol. The summed E-state index contributed by atoms with van der Waals surface area (Å²) < 4.78 is 6.06. The van der Waals surface area contributed by atoms with Gasteiger partial charge in [0, 0.05) is 18.8 Å². The molecule has 1 aromatic carbocycles. The van der Waals surface area contributed by atoms with Crippen molar-refractivity contribution in [2.45, 2.75) is 46.3 Å². The summed E-state index contributed by atoms with van der Waals surface area (Å²) in [5.41, 5.74) is 6.45. The number of ether oxygens (including phenoxy) is 1. The van der Waals surface area contributed by atoms with Gasteiger partial charge in [0.25, 0.3) is 0 Å². The zero-order valence-electron chi connectivity index (χ0n) is 11.9. The highest BCUT2D eigenvalue weighted by molar-refractivity contribution is 5.41. The van der Waals surface area contributed by atoms with Crippen LogP contribution in [-0.2, 0) is 0 Å². The highest BCUT2D eigenvalue weighted by Gasteiger charge is 2.16. The van der Waals surface area contributed by atoms with Crippen LogP contribution in [0.4, 0.5) is 5.69 Å². The Hall–Kier alpha value is -1.22. The summed E-state index contributed by atoms with van der Waals surface area (Å²) in [6.07, 6.45) is 3.46. The maximum Gasteiger partial charge on any atom is 0.152 e. The van der Waals surface area contributed by atoms with E-state index in [9.17, 15) is 0 Å². The number of hydrogen-bond acceptors (Lipinski definition) is 3. The second-order valence-corrected chi connectivity index (χ2v) is 4.59. The molecule has 0 fully saturated rings. The molecule has 0 radical (unpaired) electrons. The third-order valence-electron chi connectivity index (χ3n) is 2.93. The van der Waals surface area contributed by atoms with Gasteiger partial charge in [0.2, 0.25) is 0 Å². The van der Waals surface area contributed by atoms with Crippen molar-refractivity contribution < 1.29 is 4.74 Å². The average Bonchev–Trinajstić information content (AvgIpc) is 2.38. The maximum absolute atomic E-state index is 6.06. The molecule has 0 bridgehead atoms. The van der Waals surface area contributed by atoms with E-state index in [4.69, 9.17) is 10.5 Å². The Morgan fingerprint density at radius 1 is 1.06 bits per heavy atom. The normalized spacial score (nSPS) is 12.7. The molecule has 1 rings (SSSR count). The van der Waals surface area contributed by atoms with Crippen LogP contribution in [0.1, 0.15) is 40.0 Å². The van der Waals surface area contributed by atoms with Crippen LogP contribution in [0.3, 0.4) is 0 Å². The third-order valence-corrected chi connectivity index (χ3v) is 2.93. The number of hydrogen-bond donors (Lipinski definition) is 1. The first kappa shape index (κ1) is 14.8. The molecule has 18 heavy (non-hydrogen) atoms. The fourth-order valence-electron chi connectivity index (χ4n) is 2.09. The van der Waals surface area contributed by atoms with Gasteiger partial charge in [0.05, 0.1) is 0 Å². The SMILES string of the molecule is CCCN(CCC)C(CC)Oc1ccc(N)cc1. The summed E-state index contributed by atoms with van der Waals surface area (Å²) in [6, 6.07) is 7.64. The number of rotatable bonds is 8. The second kappa shape index (κ2) is 7.98. The van der Waals surface area contributed by atoms with Crippen LogP contribution in [0, 0.1) is 0 Å². The minimum Gasteiger partial charge on any atom is -0.475 e. The summed E-state index contributed by atoms with van der Waals surface area (Å²) in [5.74, 6) is 0.897. The fraction of sp³-hybridized carbons (Fsp3) is 0.600. The standard InChI is InChI=1S/C15H26N2O/c1-4-11-17(12-5-2)15(6-3)18-14-9-7-13(16)8-10-14/h7-10,15H,4-6,11-12,16H2,1-3H3. The Bertz CT molecular complexity index is 318. The van der Waals surface area contributed by atoms with Crippen molar-refractivity contribution >= 4 is 5.69 Å². The quantitative estimate of drug-likeness (QED) is 0.567. The molecular weight excluding hydrogens is 224 g/mol. The molecular formula is C15H26N2O. The molecule has 0 spiro atoms. The van der Waals surface area contributed by atoms with Gasteiger partial charge in [-0.3, -0.25) is 4.90 Å². The van der Waals surface area contributed by atoms with E-state index in [2.05, 4.69) is 25.7 Å². The van der Waals surface area contributed by atoms with Gasteiger partial charge in [0.15, 0.2) is 6.23 Å². The Morgan fingerprint density at radius 2 is 1.61 bits per heavy atom. The van der Waals surface area contributed by atoms with E-state index in [1.165, 1.54) is 0 Å². The number of benzene rings is 1. The van der Waals surface area contributed by atoms with Crippen molar-refractivity contribution in [2.75, 3.05) is 18.8 Å². The van der Waals surface area contributed by atoms with Gasteiger partial charge >= 0.3 is 0 Å². The van der Waals surface area contributed by atoms with Gasteiger partial charge in [-0.1, -0.05) is 20.8 Å².